The van der Waals surface area contributed by atoms with Gasteiger partial charge in [0.25, 0.3) is 0 Å². The Hall–Kier alpha value is -0.970. The van der Waals surface area contributed by atoms with E-state index in [4.69, 9.17) is 17.3 Å². The van der Waals surface area contributed by atoms with Gasteiger partial charge in [0.2, 0.25) is 0 Å². The first-order valence-corrected chi connectivity index (χ1v) is 6.79. The average molecular weight is 347 g/mol. The topological polar surface area (TPSA) is 26.0 Å². The maximum atomic E-state index is 13.7. The molecule has 1 unspecified atom stereocenters. The molecular formula is C14H11BrClF2N. The minimum absolute atomic E-state index is 0.0902. The van der Waals surface area contributed by atoms with Gasteiger partial charge in [0.1, 0.15) is 11.6 Å². The predicted octanol–water partition coefficient (Wildman–Crippen LogP) is 4.62. The first-order chi connectivity index (χ1) is 8.97. The van der Waals surface area contributed by atoms with Crippen molar-refractivity contribution in [1.29, 1.82) is 0 Å². The fraction of sp³-hybridized carbons (Fsp3) is 0.143. The lowest BCUT2D eigenvalue weighted by atomic mass is 9.99. The molecule has 5 heteroatoms. The van der Waals surface area contributed by atoms with E-state index in [2.05, 4.69) is 15.9 Å². The van der Waals surface area contributed by atoms with E-state index >= 15 is 0 Å². The molecule has 0 aliphatic heterocycles. The Morgan fingerprint density at radius 2 is 1.74 bits per heavy atom. The SMILES string of the molecule is NC(Cc1ccc(Cl)cc1)c1cc(F)c(Br)cc1F. The maximum Gasteiger partial charge on any atom is 0.137 e. The van der Waals surface area contributed by atoms with E-state index in [0.717, 1.165) is 17.7 Å². The minimum Gasteiger partial charge on any atom is -0.324 e. The van der Waals surface area contributed by atoms with E-state index < -0.39 is 17.7 Å². The summed E-state index contributed by atoms with van der Waals surface area (Å²) in [4.78, 5) is 0. The Morgan fingerprint density at radius 3 is 2.37 bits per heavy atom. The minimum atomic E-state index is -0.608. The predicted molar refractivity (Wildman–Crippen MR) is 76.1 cm³/mol. The van der Waals surface area contributed by atoms with E-state index in [1.54, 1.807) is 12.1 Å². The molecule has 0 saturated heterocycles. The average Bonchev–Trinajstić information content (AvgIpc) is 2.36. The van der Waals surface area contributed by atoms with Crippen LogP contribution in [0, 0.1) is 11.6 Å². The second-order valence-electron chi connectivity index (χ2n) is 4.22. The summed E-state index contributed by atoms with van der Waals surface area (Å²) in [5.74, 6) is -1.04. The lowest BCUT2D eigenvalue weighted by Gasteiger charge is -2.14. The summed E-state index contributed by atoms with van der Waals surface area (Å²) >= 11 is 8.72. The van der Waals surface area contributed by atoms with Crippen molar-refractivity contribution in [3.8, 4) is 0 Å². The van der Waals surface area contributed by atoms with Gasteiger partial charge in [-0.15, -0.1) is 0 Å². The van der Waals surface area contributed by atoms with Crippen molar-refractivity contribution in [1.82, 2.24) is 0 Å². The first-order valence-electron chi connectivity index (χ1n) is 5.62. The van der Waals surface area contributed by atoms with Gasteiger partial charge in [-0.05, 0) is 52.2 Å². The van der Waals surface area contributed by atoms with Crippen LogP contribution in [-0.4, -0.2) is 0 Å². The molecule has 0 fully saturated rings. The number of hydrogen-bond donors (Lipinski definition) is 1. The molecule has 0 saturated carbocycles. The molecule has 0 aromatic heterocycles. The summed E-state index contributed by atoms with van der Waals surface area (Å²) in [5, 5.41) is 0.623. The number of benzene rings is 2. The molecule has 2 N–H and O–H groups in total. The maximum absolute atomic E-state index is 13.7. The molecule has 0 aliphatic rings. The molecule has 0 bridgehead atoms. The molecule has 0 amide bonds. The van der Waals surface area contributed by atoms with Crippen LogP contribution in [0.4, 0.5) is 8.78 Å². The molecule has 1 nitrogen and oxygen atoms in total. The van der Waals surface area contributed by atoms with Gasteiger partial charge in [-0.2, -0.15) is 0 Å². The zero-order valence-electron chi connectivity index (χ0n) is 9.84. The number of nitrogens with two attached hydrogens (primary N) is 1. The van der Waals surface area contributed by atoms with Crippen molar-refractivity contribution in [3.63, 3.8) is 0 Å². The van der Waals surface area contributed by atoms with Crippen molar-refractivity contribution in [2.24, 2.45) is 5.73 Å². The number of hydrogen-bond acceptors (Lipinski definition) is 1. The van der Waals surface area contributed by atoms with Crippen molar-refractivity contribution < 1.29 is 8.78 Å². The van der Waals surface area contributed by atoms with E-state index in [0.29, 0.717) is 11.4 Å². The van der Waals surface area contributed by atoms with Crippen LogP contribution in [0.5, 0.6) is 0 Å². The van der Waals surface area contributed by atoms with Crippen LogP contribution >= 0.6 is 27.5 Å². The molecule has 0 aliphatic carbocycles. The quantitative estimate of drug-likeness (QED) is 0.806. The molecule has 1 atom stereocenters. The number of halogens is 4. The van der Waals surface area contributed by atoms with Crippen LogP contribution in [0.25, 0.3) is 0 Å². The monoisotopic (exact) mass is 345 g/mol. The highest BCUT2D eigenvalue weighted by molar-refractivity contribution is 9.10. The molecule has 0 radical (unpaired) electrons. The van der Waals surface area contributed by atoms with Crippen LogP contribution < -0.4 is 5.73 Å². The molecular weight excluding hydrogens is 336 g/mol. The summed E-state index contributed by atoms with van der Waals surface area (Å²) < 4.78 is 27.3. The van der Waals surface area contributed by atoms with Gasteiger partial charge in [0, 0.05) is 16.6 Å². The van der Waals surface area contributed by atoms with E-state index in [1.807, 2.05) is 12.1 Å². The third kappa shape index (κ3) is 3.53. The van der Waals surface area contributed by atoms with E-state index in [1.165, 1.54) is 0 Å². The highest BCUT2D eigenvalue weighted by Gasteiger charge is 2.15. The summed E-state index contributed by atoms with van der Waals surface area (Å²) in [6.07, 6.45) is 0.412. The zero-order valence-corrected chi connectivity index (χ0v) is 12.2. The summed E-state index contributed by atoms with van der Waals surface area (Å²) in [6, 6.07) is 8.71. The second kappa shape index (κ2) is 5.99. The van der Waals surface area contributed by atoms with Gasteiger partial charge in [0.05, 0.1) is 4.47 Å². The Morgan fingerprint density at radius 1 is 1.11 bits per heavy atom. The fourth-order valence-electron chi connectivity index (χ4n) is 1.81. The smallest absolute Gasteiger partial charge is 0.137 e. The molecule has 0 heterocycles. The molecule has 2 aromatic rings. The summed E-state index contributed by atoms with van der Waals surface area (Å²) in [6.45, 7) is 0. The van der Waals surface area contributed by atoms with Crippen molar-refractivity contribution in [2.45, 2.75) is 12.5 Å². The summed E-state index contributed by atoms with van der Waals surface area (Å²) in [5.41, 5.74) is 7.01. The molecule has 19 heavy (non-hydrogen) atoms. The van der Waals surface area contributed by atoms with Crippen LogP contribution in [0.2, 0.25) is 5.02 Å². The molecule has 2 rings (SSSR count). The Balaban J connectivity index is 2.22. The van der Waals surface area contributed by atoms with Crippen molar-refractivity contribution >= 4 is 27.5 Å². The Kier molecular flexibility index (Phi) is 4.55. The largest absolute Gasteiger partial charge is 0.324 e. The normalized spacial score (nSPS) is 12.5. The summed E-state index contributed by atoms with van der Waals surface area (Å²) in [7, 11) is 0. The van der Waals surface area contributed by atoms with E-state index in [9.17, 15) is 8.78 Å². The highest BCUT2D eigenvalue weighted by Crippen LogP contribution is 2.25. The fourth-order valence-corrected chi connectivity index (χ4v) is 2.25. The standard InChI is InChI=1S/C14H11BrClF2N/c15-11-7-12(17)10(6-13(11)18)14(19)5-8-1-3-9(16)4-2-8/h1-4,6-7,14H,5,19H2. The third-order valence-corrected chi connectivity index (χ3v) is 3.67. The number of rotatable bonds is 3. The van der Waals surface area contributed by atoms with Gasteiger partial charge in [-0.1, -0.05) is 23.7 Å². The van der Waals surface area contributed by atoms with Gasteiger partial charge in [-0.25, -0.2) is 8.78 Å². The van der Waals surface area contributed by atoms with Crippen LogP contribution in [0.1, 0.15) is 17.2 Å². The van der Waals surface area contributed by atoms with Gasteiger partial charge >= 0.3 is 0 Å². The van der Waals surface area contributed by atoms with Crippen molar-refractivity contribution in [3.05, 3.63) is 68.7 Å². The lowest BCUT2D eigenvalue weighted by molar-refractivity contribution is 0.557. The molecule has 2 aromatic carbocycles. The van der Waals surface area contributed by atoms with Gasteiger partial charge in [0.15, 0.2) is 0 Å². The lowest BCUT2D eigenvalue weighted by Crippen LogP contribution is -2.15. The van der Waals surface area contributed by atoms with Crippen LogP contribution in [0.3, 0.4) is 0 Å². The van der Waals surface area contributed by atoms with Crippen LogP contribution in [-0.2, 0) is 6.42 Å². The van der Waals surface area contributed by atoms with Crippen LogP contribution in [0.15, 0.2) is 40.9 Å². The van der Waals surface area contributed by atoms with Gasteiger partial charge in [-0.3, -0.25) is 0 Å². The third-order valence-electron chi connectivity index (χ3n) is 2.81. The molecule has 100 valence electrons. The van der Waals surface area contributed by atoms with E-state index in [-0.39, 0.29) is 10.0 Å². The Bertz CT molecular complexity index is 587. The zero-order chi connectivity index (χ0) is 14.0. The molecule has 0 spiro atoms. The van der Waals surface area contributed by atoms with Gasteiger partial charge < -0.3 is 5.73 Å². The first kappa shape index (κ1) is 14.4. The Labute approximate surface area is 123 Å². The highest BCUT2D eigenvalue weighted by atomic mass is 79.9. The second-order valence-corrected chi connectivity index (χ2v) is 5.52. The van der Waals surface area contributed by atoms with Crippen molar-refractivity contribution in [2.75, 3.05) is 0 Å².